The number of carbonyl (C=O) groups is 3. The van der Waals surface area contributed by atoms with Crippen LogP contribution in [0.3, 0.4) is 0 Å². The van der Waals surface area contributed by atoms with Gasteiger partial charge in [0.2, 0.25) is 5.91 Å². The third-order valence-corrected chi connectivity index (χ3v) is 10.2. The Kier molecular flexibility index (Phi) is 12.7. The van der Waals surface area contributed by atoms with Gasteiger partial charge in [0.1, 0.15) is 0 Å². The van der Waals surface area contributed by atoms with Gasteiger partial charge in [0.15, 0.2) is 12.1 Å². The van der Waals surface area contributed by atoms with E-state index in [2.05, 4.69) is 28.1 Å². The number of urea groups is 1. The van der Waals surface area contributed by atoms with Crippen molar-refractivity contribution in [2.24, 2.45) is 0 Å². The molecule has 6 rings (SSSR count). The van der Waals surface area contributed by atoms with Crippen LogP contribution < -0.4 is 16.0 Å². The number of benzene rings is 5. The minimum absolute atomic E-state index is 0.0631. The van der Waals surface area contributed by atoms with Crippen LogP contribution in [-0.4, -0.2) is 40.7 Å². The highest BCUT2D eigenvalue weighted by Crippen LogP contribution is 2.48. The second-order valence-electron chi connectivity index (χ2n) is 13.0. The van der Waals surface area contributed by atoms with Crippen LogP contribution in [0.2, 0.25) is 0 Å². The van der Waals surface area contributed by atoms with Gasteiger partial charge in [0.05, 0.1) is 24.9 Å². The summed E-state index contributed by atoms with van der Waals surface area (Å²) in [6, 6.07) is 41.4. The molecule has 0 aliphatic carbocycles. The van der Waals surface area contributed by atoms with Crippen LogP contribution in [0.15, 0.2) is 138 Å². The highest BCUT2D eigenvalue weighted by molar-refractivity contribution is 7.99. The first-order chi connectivity index (χ1) is 25.7. The lowest BCUT2D eigenvalue weighted by Crippen LogP contribution is -2.43. The van der Waals surface area contributed by atoms with E-state index in [9.17, 15) is 19.5 Å². The molecule has 53 heavy (non-hydrogen) atoms. The Morgan fingerprint density at radius 2 is 1.38 bits per heavy atom. The number of anilines is 2. The first-order valence-corrected chi connectivity index (χ1v) is 18.5. The number of Topliss-reactive ketones (excluding diaryl/α,β-unsaturated/α-hetero) is 1. The molecular weight excluding hydrogens is 687 g/mol. The topological polar surface area (TPSA) is 126 Å². The van der Waals surface area contributed by atoms with Crippen LogP contribution in [-0.2, 0) is 32.1 Å². The van der Waals surface area contributed by atoms with E-state index in [1.165, 1.54) is 13.8 Å². The number of nitrogens with one attached hydrogen (secondary N) is 3. The van der Waals surface area contributed by atoms with Crippen LogP contribution in [0, 0.1) is 0 Å². The van der Waals surface area contributed by atoms with Gasteiger partial charge in [-0.25, -0.2) is 4.79 Å². The molecule has 3 amide bonds. The van der Waals surface area contributed by atoms with Gasteiger partial charge >= 0.3 is 6.03 Å². The van der Waals surface area contributed by atoms with Crippen LogP contribution in [0.5, 0.6) is 0 Å². The maximum atomic E-state index is 13.2. The zero-order chi connectivity index (χ0) is 37.2. The summed E-state index contributed by atoms with van der Waals surface area (Å²) in [6.07, 6.45) is -1.12. The molecule has 1 aliphatic rings. The van der Waals surface area contributed by atoms with E-state index in [0.29, 0.717) is 23.4 Å². The average molecular weight is 730 g/mol. The maximum absolute atomic E-state index is 13.2. The third kappa shape index (κ3) is 10.2. The van der Waals surface area contributed by atoms with Gasteiger partial charge < -0.3 is 30.5 Å². The van der Waals surface area contributed by atoms with Crippen LogP contribution in [0.4, 0.5) is 16.2 Å². The molecule has 9 nitrogen and oxygen atoms in total. The molecule has 0 radical (unpaired) electrons. The highest BCUT2D eigenvalue weighted by atomic mass is 32.2. The second-order valence-corrected chi connectivity index (χ2v) is 14.1. The van der Waals surface area contributed by atoms with Gasteiger partial charge in [0.25, 0.3) is 0 Å². The number of ketones is 1. The Morgan fingerprint density at radius 1 is 0.698 bits per heavy atom. The van der Waals surface area contributed by atoms with E-state index in [-0.39, 0.29) is 30.3 Å². The molecule has 1 heterocycles. The molecule has 5 aromatic rings. The maximum Gasteiger partial charge on any atom is 0.319 e. The number of aliphatic hydroxyl groups excluding tert-OH is 1. The van der Waals surface area contributed by atoms with Gasteiger partial charge in [-0.15, -0.1) is 11.8 Å². The highest BCUT2D eigenvalue weighted by Gasteiger charge is 2.42. The molecule has 5 atom stereocenters. The normalized spacial score (nSPS) is 18.8. The predicted molar refractivity (Wildman–Crippen MR) is 208 cm³/mol. The summed E-state index contributed by atoms with van der Waals surface area (Å²) >= 11 is 1.65. The van der Waals surface area contributed by atoms with Crippen molar-refractivity contribution in [3.05, 3.63) is 161 Å². The minimum atomic E-state index is -0.780. The molecule has 0 saturated carbocycles. The van der Waals surface area contributed by atoms with E-state index < -0.39 is 24.5 Å². The number of thioether (sulfide) groups is 1. The van der Waals surface area contributed by atoms with Crippen molar-refractivity contribution < 1.29 is 29.0 Å². The average Bonchev–Trinajstić information content (AvgIpc) is 3.17. The lowest BCUT2D eigenvalue weighted by Gasteiger charge is -2.43. The standard InChI is InChI=1S/C43H43N3O6S/c1-28(48)38(24-30-10-5-3-6-11-30)46-43(50)45-36-15-9-14-34(25-36)42-51-39(27-53-37-22-20-35(21-23-37)44-29(2)49)40(32-12-7-4-8-13-32)41(52-42)33-18-16-31(26-47)17-19-33/h3-23,25,38-42,47H,24,26-27H2,1-2H3,(H,44,49)(H2,45,46,50). The zero-order valence-corrected chi connectivity index (χ0v) is 30.4. The number of hydrogen-bond acceptors (Lipinski definition) is 7. The van der Waals surface area contributed by atoms with Crippen LogP contribution in [0.1, 0.15) is 60.0 Å². The monoisotopic (exact) mass is 729 g/mol. The summed E-state index contributed by atoms with van der Waals surface area (Å²) in [5, 5.41) is 18.3. The van der Waals surface area contributed by atoms with Crippen molar-refractivity contribution in [1.82, 2.24) is 5.32 Å². The number of carbonyl (C=O) groups excluding carboxylic acids is 3. The van der Waals surface area contributed by atoms with Crippen molar-refractivity contribution in [1.29, 1.82) is 0 Å². The minimum Gasteiger partial charge on any atom is -0.392 e. The lowest BCUT2D eigenvalue weighted by atomic mass is 9.84. The van der Waals surface area contributed by atoms with Gasteiger partial charge in [-0.3, -0.25) is 9.59 Å². The zero-order valence-electron chi connectivity index (χ0n) is 29.6. The number of ether oxygens (including phenoxy) is 2. The van der Waals surface area contributed by atoms with E-state index >= 15 is 0 Å². The van der Waals surface area contributed by atoms with Crippen molar-refractivity contribution in [2.75, 3.05) is 16.4 Å². The Labute approximate surface area is 314 Å². The molecule has 0 bridgehead atoms. The van der Waals surface area contributed by atoms with Crippen molar-refractivity contribution in [3.63, 3.8) is 0 Å². The largest absolute Gasteiger partial charge is 0.392 e. The Balaban J connectivity index is 1.26. The van der Waals surface area contributed by atoms with Gasteiger partial charge in [0, 0.05) is 40.4 Å². The summed E-state index contributed by atoms with van der Waals surface area (Å²) in [6.45, 7) is 2.89. The molecule has 1 aliphatic heterocycles. The summed E-state index contributed by atoms with van der Waals surface area (Å²) in [7, 11) is 0. The molecule has 10 heteroatoms. The molecule has 0 spiro atoms. The van der Waals surface area contributed by atoms with E-state index in [4.69, 9.17) is 9.47 Å². The Bertz CT molecular complexity index is 1980. The summed E-state index contributed by atoms with van der Waals surface area (Å²) in [5.41, 5.74) is 5.73. The van der Waals surface area contributed by atoms with Crippen LogP contribution >= 0.6 is 11.8 Å². The number of hydrogen-bond donors (Lipinski definition) is 4. The van der Waals surface area contributed by atoms with Crippen molar-refractivity contribution in [3.8, 4) is 0 Å². The quantitative estimate of drug-likeness (QED) is 0.0901. The molecule has 5 unspecified atom stereocenters. The smallest absolute Gasteiger partial charge is 0.319 e. The predicted octanol–water partition coefficient (Wildman–Crippen LogP) is 8.19. The number of rotatable bonds is 13. The number of amides is 3. The SMILES string of the molecule is CC(=O)Nc1ccc(SCC2OC(c3cccc(NC(=O)NC(Cc4ccccc4)C(C)=O)c3)OC(c3ccc(CO)cc3)C2c2ccccc2)cc1. The molecular formula is C43H43N3O6S. The van der Waals surface area contributed by atoms with Gasteiger partial charge in [-0.05, 0) is 72.0 Å². The first-order valence-electron chi connectivity index (χ1n) is 17.5. The fourth-order valence-electron chi connectivity index (χ4n) is 6.40. The molecule has 272 valence electrons. The second kappa shape index (κ2) is 18.0. The van der Waals surface area contributed by atoms with E-state index in [1.54, 1.807) is 17.8 Å². The summed E-state index contributed by atoms with van der Waals surface area (Å²) < 4.78 is 13.7. The molecule has 1 saturated heterocycles. The van der Waals surface area contributed by atoms with E-state index in [0.717, 1.165) is 32.8 Å². The van der Waals surface area contributed by atoms with Gasteiger partial charge in [-0.1, -0.05) is 97.1 Å². The Morgan fingerprint density at radius 3 is 2.04 bits per heavy atom. The fraction of sp³-hybridized carbons (Fsp3) is 0.233. The first kappa shape index (κ1) is 37.5. The summed E-state index contributed by atoms with van der Waals surface area (Å²) in [5.74, 6) is 0.149. The lowest BCUT2D eigenvalue weighted by molar-refractivity contribution is -0.255. The molecule has 1 fully saturated rings. The molecule has 5 aromatic carbocycles. The summed E-state index contributed by atoms with van der Waals surface area (Å²) in [4.78, 5) is 38.2. The van der Waals surface area contributed by atoms with E-state index in [1.807, 2.05) is 115 Å². The third-order valence-electron chi connectivity index (χ3n) is 9.05. The van der Waals surface area contributed by atoms with Crippen molar-refractivity contribution >= 4 is 40.9 Å². The fourth-order valence-corrected chi connectivity index (χ4v) is 7.37. The van der Waals surface area contributed by atoms with Crippen LogP contribution in [0.25, 0.3) is 0 Å². The van der Waals surface area contributed by atoms with Crippen molar-refractivity contribution in [2.45, 2.75) is 62.2 Å². The molecule has 4 N–H and O–H groups in total. The number of aliphatic hydroxyl groups is 1. The molecule has 0 aromatic heterocycles. The van der Waals surface area contributed by atoms with Gasteiger partial charge in [-0.2, -0.15) is 0 Å². The Hall–Kier alpha value is -5.26.